The molecule has 19 heavy (non-hydrogen) atoms. The predicted molar refractivity (Wildman–Crippen MR) is 80.6 cm³/mol. The van der Waals surface area contributed by atoms with E-state index in [1.165, 1.54) is 12.1 Å². The van der Waals surface area contributed by atoms with E-state index in [-0.39, 0.29) is 0 Å². The molecule has 0 spiro atoms. The fourth-order valence-corrected chi connectivity index (χ4v) is 2.85. The molecule has 0 amide bonds. The first kappa shape index (κ1) is 12.7. The number of benzene rings is 1. The molecular weight excluding hydrogens is 304 g/mol. The average molecular weight is 321 g/mol. The van der Waals surface area contributed by atoms with E-state index in [1.54, 1.807) is 6.33 Å². The molecule has 3 rings (SSSR count). The maximum atomic E-state index is 5.74. The van der Waals surface area contributed by atoms with Crippen molar-refractivity contribution in [2.45, 2.75) is 6.42 Å². The van der Waals surface area contributed by atoms with Gasteiger partial charge in [0.1, 0.15) is 10.9 Å². The number of rotatable bonds is 3. The van der Waals surface area contributed by atoms with E-state index in [4.69, 9.17) is 5.73 Å². The molecule has 1 saturated heterocycles. The molecule has 0 radical (unpaired) electrons. The maximum Gasteiger partial charge on any atom is 0.124 e. The van der Waals surface area contributed by atoms with E-state index in [0.29, 0.717) is 5.92 Å². The lowest BCUT2D eigenvalue weighted by Gasteiger charge is -2.18. The fourth-order valence-electron chi connectivity index (χ4n) is 2.54. The molecule has 1 aliphatic heterocycles. The first-order valence-corrected chi connectivity index (χ1v) is 7.30. The molecule has 0 saturated carbocycles. The van der Waals surface area contributed by atoms with E-state index < -0.39 is 0 Å². The topological polar surface area (TPSA) is 47.1 Å². The van der Waals surface area contributed by atoms with Gasteiger partial charge >= 0.3 is 0 Å². The monoisotopic (exact) mass is 320 g/mol. The van der Waals surface area contributed by atoms with Gasteiger partial charge in [0, 0.05) is 30.7 Å². The number of nitrogens with two attached hydrogens (primary N) is 1. The van der Waals surface area contributed by atoms with Crippen LogP contribution in [0.15, 0.2) is 41.4 Å². The average Bonchev–Trinajstić information content (AvgIpc) is 3.07. The second-order valence-corrected chi connectivity index (χ2v) is 5.77. The van der Waals surface area contributed by atoms with Crippen LogP contribution in [0.1, 0.15) is 6.42 Å². The number of nitrogens with zero attached hydrogens (tertiary/aromatic N) is 3. The van der Waals surface area contributed by atoms with Gasteiger partial charge in [0.05, 0.1) is 0 Å². The molecule has 2 heterocycles. The summed E-state index contributed by atoms with van der Waals surface area (Å²) in [5.41, 5.74) is 8.13. The summed E-state index contributed by atoms with van der Waals surface area (Å²) in [7, 11) is 0. The second-order valence-electron chi connectivity index (χ2n) is 4.96. The largest absolute Gasteiger partial charge is 0.371 e. The number of hydrogen-bond acceptors (Lipinski definition) is 3. The third kappa shape index (κ3) is 2.67. The van der Waals surface area contributed by atoms with Crippen molar-refractivity contribution in [3.05, 3.63) is 41.4 Å². The van der Waals surface area contributed by atoms with Crippen molar-refractivity contribution in [3.8, 4) is 5.69 Å². The summed E-state index contributed by atoms with van der Waals surface area (Å²) in [5, 5.41) is 0. The highest BCUT2D eigenvalue weighted by Crippen LogP contribution is 2.24. The van der Waals surface area contributed by atoms with Crippen molar-refractivity contribution < 1.29 is 0 Å². The van der Waals surface area contributed by atoms with Crippen LogP contribution in [0.3, 0.4) is 0 Å². The Hall–Kier alpha value is -1.33. The van der Waals surface area contributed by atoms with Gasteiger partial charge in [0.15, 0.2) is 0 Å². The molecule has 1 aliphatic rings. The SMILES string of the molecule is NC[C@H]1CCN(c2ccc(-n3cnc(Br)c3)cc2)C1. The van der Waals surface area contributed by atoms with Crippen LogP contribution in [0.5, 0.6) is 0 Å². The molecule has 1 aromatic heterocycles. The number of hydrogen-bond donors (Lipinski definition) is 1. The Kier molecular flexibility index (Phi) is 3.57. The normalized spacial score (nSPS) is 19.1. The lowest BCUT2D eigenvalue weighted by molar-refractivity contribution is 0.602. The summed E-state index contributed by atoms with van der Waals surface area (Å²) in [6, 6.07) is 8.59. The highest BCUT2D eigenvalue weighted by atomic mass is 79.9. The molecule has 0 aliphatic carbocycles. The molecular formula is C14H17BrN4. The van der Waals surface area contributed by atoms with Crippen molar-refractivity contribution in [2.24, 2.45) is 11.7 Å². The van der Waals surface area contributed by atoms with Crippen molar-refractivity contribution in [1.82, 2.24) is 9.55 Å². The zero-order valence-electron chi connectivity index (χ0n) is 10.7. The third-order valence-corrected chi connectivity index (χ3v) is 4.09. The molecule has 4 nitrogen and oxygen atoms in total. The van der Waals surface area contributed by atoms with Gasteiger partial charge < -0.3 is 15.2 Å². The highest BCUT2D eigenvalue weighted by Gasteiger charge is 2.21. The van der Waals surface area contributed by atoms with E-state index >= 15 is 0 Å². The highest BCUT2D eigenvalue weighted by molar-refractivity contribution is 9.10. The Morgan fingerprint density at radius 3 is 2.58 bits per heavy atom. The van der Waals surface area contributed by atoms with E-state index in [2.05, 4.69) is 50.1 Å². The maximum absolute atomic E-state index is 5.74. The molecule has 1 atom stereocenters. The molecule has 0 bridgehead atoms. The summed E-state index contributed by atoms with van der Waals surface area (Å²) in [4.78, 5) is 6.58. The summed E-state index contributed by atoms with van der Waals surface area (Å²) in [6.45, 7) is 2.97. The van der Waals surface area contributed by atoms with E-state index in [0.717, 1.165) is 29.9 Å². The summed E-state index contributed by atoms with van der Waals surface area (Å²) < 4.78 is 2.85. The molecule has 100 valence electrons. The van der Waals surface area contributed by atoms with Crippen LogP contribution in [0, 0.1) is 5.92 Å². The van der Waals surface area contributed by atoms with E-state index in [9.17, 15) is 0 Å². The second kappa shape index (κ2) is 5.35. The van der Waals surface area contributed by atoms with Crippen molar-refractivity contribution in [3.63, 3.8) is 0 Å². The van der Waals surface area contributed by atoms with Gasteiger partial charge in [-0.05, 0) is 59.1 Å². The zero-order valence-corrected chi connectivity index (χ0v) is 12.3. The minimum Gasteiger partial charge on any atom is -0.371 e. The van der Waals surface area contributed by atoms with Crippen LogP contribution in [0.4, 0.5) is 5.69 Å². The fraction of sp³-hybridized carbons (Fsp3) is 0.357. The minimum atomic E-state index is 0.643. The Bertz CT molecular complexity index is 549. The van der Waals surface area contributed by atoms with Crippen LogP contribution in [-0.2, 0) is 0 Å². The van der Waals surface area contributed by atoms with Crippen LogP contribution in [0.2, 0.25) is 0 Å². The van der Waals surface area contributed by atoms with Gasteiger partial charge in [-0.1, -0.05) is 0 Å². The van der Waals surface area contributed by atoms with Crippen LogP contribution < -0.4 is 10.6 Å². The third-order valence-electron chi connectivity index (χ3n) is 3.68. The summed E-state index contributed by atoms with van der Waals surface area (Å²) >= 11 is 3.36. The van der Waals surface area contributed by atoms with Gasteiger partial charge in [-0.2, -0.15) is 0 Å². The number of imidazole rings is 1. The number of halogens is 1. The van der Waals surface area contributed by atoms with E-state index in [1.807, 2.05) is 10.8 Å². The first-order chi connectivity index (χ1) is 9.26. The lowest BCUT2D eigenvalue weighted by Crippen LogP contribution is -2.22. The van der Waals surface area contributed by atoms with Gasteiger partial charge in [-0.25, -0.2) is 4.98 Å². The van der Waals surface area contributed by atoms with Crippen LogP contribution in [-0.4, -0.2) is 29.2 Å². The van der Waals surface area contributed by atoms with Crippen molar-refractivity contribution >= 4 is 21.6 Å². The number of aromatic nitrogens is 2. The van der Waals surface area contributed by atoms with Crippen molar-refractivity contribution in [1.29, 1.82) is 0 Å². The van der Waals surface area contributed by atoms with Crippen LogP contribution in [0.25, 0.3) is 5.69 Å². The zero-order chi connectivity index (χ0) is 13.2. The Balaban J connectivity index is 1.76. The van der Waals surface area contributed by atoms with Gasteiger partial charge in [-0.3, -0.25) is 0 Å². The quantitative estimate of drug-likeness (QED) is 0.944. The van der Waals surface area contributed by atoms with Crippen molar-refractivity contribution in [2.75, 3.05) is 24.5 Å². The smallest absolute Gasteiger partial charge is 0.124 e. The molecule has 1 fully saturated rings. The van der Waals surface area contributed by atoms with Gasteiger partial charge in [0.25, 0.3) is 0 Å². The molecule has 5 heteroatoms. The number of anilines is 1. The first-order valence-electron chi connectivity index (χ1n) is 6.51. The molecule has 2 N–H and O–H groups in total. The Morgan fingerprint density at radius 2 is 2.00 bits per heavy atom. The Morgan fingerprint density at radius 1 is 1.26 bits per heavy atom. The van der Waals surface area contributed by atoms with Gasteiger partial charge in [0.2, 0.25) is 0 Å². The summed E-state index contributed by atoms with van der Waals surface area (Å²) in [5.74, 6) is 0.643. The predicted octanol–water partition coefficient (Wildman–Crippen LogP) is 2.42. The Labute approximate surface area is 121 Å². The lowest BCUT2D eigenvalue weighted by atomic mass is 10.1. The molecule has 2 aromatic rings. The molecule has 1 aromatic carbocycles. The molecule has 0 unspecified atom stereocenters. The van der Waals surface area contributed by atoms with Gasteiger partial charge in [-0.15, -0.1) is 0 Å². The summed E-state index contributed by atoms with van der Waals surface area (Å²) in [6.07, 6.45) is 4.96. The van der Waals surface area contributed by atoms with Crippen LogP contribution >= 0.6 is 15.9 Å². The minimum absolute atomic E-state index is 0.643. The standard InChI is InChI=1S/C14H17BrN4/c15-14-9-19(10-17-14)13-3-1-12(2-4-13)18-6-5-11(7-16)8-18/h1-4,9-11H,5-8,16H2/t11-/m1/s1.